The first-order valence-electron chi connectivity index (χ1n) is 9.70. The number of hydrogen-bond acceptors (Lipinski definition) is 5. The maximum atomic E-state index is 13.9. The van der Waals surface area contributed by atoms with E-state index < -0.39 is 34.5 Å². The van der Waals surface area contributed by atoms with Crippen LogP contribution in [-0.4, -0.2) is 23.0 Å². The molecule has 1 amide bonds. The van der Waals surface area contributed by atoms with Gasteiger partial charge in [0.1, 0.15) is 23.0 Å². The van der Waals surface area contributed by atoms with Crippen molar-refractivity contribution >= 4 is 28.5 Å². The Labute approximate surface area is 176 Å². The smallest absolute Gasteiger partial charge is 0.348 e. The standard InChI is InChI=1S/C22H22F3N3O3/c1-10(2)28(11(3)4)22-27-17-7-6-16(12(5)18(17)21(30)31-22)26-20(29)19-14(24)8-13(23)9-15(19)25/h6-11H,1-5H3,(H,26,29). The van der Waals surface area contributed by atoms with Crippen LogP contribution in [0.25, 0.3) is 10.9 Å². The molecule has 0 saturated carbocycles. The Balaban J connectivity index is 2.04. The first kappa shape index (κ1) is 22.3. The summed E-state index contributed by atoms with van der Waals surface area (Å²) < 4.78 is 46.4. The Kier molecular flexibility index (Phi) is 6.06. The van der Waals surface area contributed by atoms with E-state index in [9.17, 15) is 22.8 Å². The molecule has 31 heavy (non-hydrogen) atoms. The average molecular weight is 433 g/mol. The lowest BCUT2D eigenvalue weighted by molar-refractivity contribution is 0.101. The van der Waals surface area contributed by atoms with Gasteiger partial charge < -0.3 is 14.6 Å². The maximum Gasteiger partial charge on any atom is 0.348 e. The summed E-state index contributed by atoms with van der Waals surface area (Å²) in [5, 5.41) is 2.49. The molecule has 0 atom stereocenters. The highest BCUT2D eigenvalue weighted by atomic mass is 19.1. The van der Waals surface area contributed by atoms with E-state index in [1.807, 2.05) is 32.6 Å². The number of rotatable bonds is 5. The van der Waals surface area contributed by atoms with Crippen molar-refractivity contribution < 1.29 is 22.4 Å². The van der Waals surface area contributed by atoms with E-state index in [0.29, 0.717) is 23.2 Å². The van der Waals surface area contributed by atoms with Gasteiger partial charge in [-0.3, -0.25) is 4.79 Å². The molecule has 0 aliphatic carbocycles. The molecule has 1 aromatic heterocycles. The molecule has 1 N–H and O–H groups in total. The number of anilines is 2. The van der Waals surface area contributed by atoms with Gasteiger partial charge in [-0.1, -0.05) is 0 Å². The molecular formula is C22H22F3N3O3. The maximum absolute atomic E-state index is 13.9. The molecule has 9 heteroatoms. The Morgan fingerprint density at radius 3 is 2.19 bits per heavy atom. The largest absolute Gasteiger partial charge is 0.388 e. The molecule has 2 aromatic carbocycles. The molecule has 6 nitrogen and oxygen atoms in total. The summed E-state index contributed by atoms with van der Waals surface area (Å²) in [5.74, 6) is -4.91. The topological polar surface area (TPSA) is 75.4 Å². The van der Waals surface area contributed by atoms with Gasteiger partial charge in [-0.15, -0.1) is 0 Å². The van der Waals surface area contributed by atoms with Crippen LogP contribution in [0.3, 0.4) is 0 Å². The third-order valence-corrected chi connectivity index (χ3v) is 4.86. The summed E-state index contributed by atoms with van der Waals surface area (Å²) in [5.41, 5.74) is -0.758. The third kappa shape index (κ3) is 4.26. The molecule has 0 bridgehead atoms. The fourth-order valence-corrected chi connectivity index (χ4v) is 3.54. The van der Waals surface area contributed by atoms with Gasteiger partial charge in [-0.05, 0) is 52.3 Å². The van der Waals surface area contributed by atoms with Gasteiger partial charge in [-0.25, -0.2) is 18.0 Å². The van der Waals surface area contributed by atoms with Crippen LogP contribution >= 0.6 is 0 Å². The second-order valence-electron chi connectivity index (χ2n) is 7.71. The molecule has 0 radical (unpaired) electrons. The van der Waals surface area contributed by atoms with Crippen LogP contribution < -0.4 is 15.8 Å². The Morgan fingerprint density at radius 1 is 1.06 bits per heavy atom. The number of fused-ring (bicyclic) bond motifs is 1. The van der Waals surface area contributed by atoms with Crippen molar-refractivity contribution in [2.75, 3.05) is 10.2 Å². The number of aryl methyl sites for hydroxylation is 1. The van der Waals surface area contributed by atoms with E-state index in [-0.39, 0.29) is 29.2 Å². The number of amides is 1. The molecule has 0 unspecified atom stereocenters. The number of nitrogens with zero attached hydrogens (tertiary/aromatic N) is 2. The molecule has 0 spiro atoms. The van der Waals surface area contributed by atoms with Crippen molar-refractivity contribution in [3.63, 3.8) is 0 Å². The van der Waals surface area contributed by atoms with Crippen LogP contribution in [0.15, 0.2) is 33.5 Å². The van der Waals surface area contributed by atoms with Gasteiger partial charge in [-0.2, -0.15) is 4.98 Å². The van der Waals surface area contributed by atoms with Gasteiger partial charge in [0, 0.05) is 29.9 Å². The molecule has 0 saturated heterocycles. The molecule has 3 aromatic rings. The first-order valence-corrected chi connectivity index (χ1v) is 9.70. The Bertz CT molecular complexity index is 1190. The number of carbonyl (C=O) groups excluding carboxylic acids is 1. The van der Waals surface area contributed by atoms with Crippen LogP contribution in [0, 0.1) is 24.4 Å². The summed E-state index contributed by atoms with van der Waals surface area (Å²) in [7, 11) is 0. The normalized spacial score (nSPS) is 11.4. The highest BCUT2D eigenvalue weighted by Crippen LogP contribution is 2.26. The summed E-state index contributed by atoms with van der Waals surface area (Å²) in [6.45, 7) is 9.34. The molecule has 3 rings (SSSR count). The van der Waals surface area contributed by atoms with Crippen molar-refractivity contribution in [3.8, 4) is 0 Å². The number of carbonyl (C=O) groups is 1. The molecular weight excluding hydrogens is 411 g/mol. The number of benzene rings is 2. The van der Waals surface area contributed by atoms with Crippen molar-refractivity contribution in [3.05, 3.63) is 63.3 Å². The molecule has 0 fully saturated rings. The summed E-state index contributed by atoms with van der Waals surface area (Å²) in [4.78, 5) is 31.4. The Hall–Kier alpha value is -3.36. The number of hydrogen-bond donors (Lipinski definition) is 1. The van der Waals surface area contributed by atoms with Crippen LogP contribution in [0.5, 0.6) is 0 Å². The van der Waals surface area contributed by atoms with E-state index in [2.05, 4.69) is 10.3 Å². The zero-order valence-electron chi connectivity index (χ0n) is 17.7. The second-order valence-corrected chi connectivity index (χ2v) is 7.71. The predicted octanol–water partition coefficient (Wildman–Crippen LogP) is 4.79. The quantitative estimate of drug-likeness (QED) is 0.626. The van der Waals surface area contributed by atoms with Crippen LogP contribution in [0.2, 0.25) is 0 Å². The number of nitrogens with one attached hydrogen (secondary N) is 1. The van der Waals surface area contributed by atoms with Crippen LogP contribution in [-0.2, 0) is 0 Å². The second kappa shape index (κ2) is 8.41. The summed E-state index contributed by atoms with van der Waals surface area (Å²) in [6.07, 6.45) is 0. The SMILES string of the molecule is Cc1c(NC(=O)c2c(F)cc(F)cc2F)ccc2nc(N(C(C)C)C(C)C)oc(=O)c12. The highest BCUT2D eigenvalue weighted by molar-refractivity contribution is 6.06. The fraction of sp³-hybridized carbons (Fsp3) is 0.318. The van der Waals surface area contributed by atoms with Crippen LogP contribution in [0.1, 0.15) is 43.6 Å². The van der Waals surface area contributed by atoms with Crippen molar-refractivity contribution in [1.29, 1.82) is 0 Å². The summed E-state index contributed by atoms with van der Waals surface area (Å²) in [6, 6.07) is 4.06. The lowest BCUT2D eigenvalue weighted by Gasteiger charge is -2.29. The minimum atomic E-state index is -1.33. The molecule has 164 valence electrons. The average Bonchev–Trinajstić information content (AvgIpc) is 2.62. The zero-order chi connectivity index (χ0) is 23.0. The minimum absolute atomic E-state index is 0.0354. The lowest BCUT2D eigenvalue weighted by Crippen LogP contribution is -2.38. The van der Waals surface area contributed by atoms with E-state index in [1.54, 1.807) is 6.92 Å². The van der Waals surface area contributed by atoms with Gasteiger partial charge >= 0.3 is 11.6 Å². The number of aromatic nitrogens is 1. The van der Waals surface area contributed by atoms with Gasteiger partial charge in [0.2, 0.25) is 0 Å². The lowest BCUT2D eigenvalue weighted by atomic mass is 10.1. The zero-order valence-corrected chi connectivity index (χ0v) is 17.7. The van der Waals surface area contributed by atoms with E-state index in [1.165, 1.54) is 12.1 Å². The fourth-order valence-electron chi connectivity index (χ4n) is 3.54. The minimum Gasteiger partial charge on any atom is -0.388 e. The van der Waals surface area contributed by atoms with Crippen molar-refractivity contribution in [1.82, 2.24) is 4.98 Å². The first-order chi connectivity index (χ1) is 14.5. The predicted molar refractivity (Wildman–Crippen MR) is 112 cm³/mol. The van der Waals surface area contributed by atoms with Gasteiger partial charge in [0.25, 0.3) is 5.91 Å². The summed E-state index contributed by atoms with van der Waals surface area (Å²) >= 11 is 0. The van der Waals surface area contributed by atoms with E-state index in [0.717, 1.165) is 0 Å². The van der Waals surface area contributed by atoms with Crippen LogP contribution in [0.4, 0.5) is 24.9 Å². The Morgan fingerprint density at radius 2 is 1.65 bits per heavy atom. The molecule has 1 heterocycles. The van der Waals surface area contributed by atoms with Gasteiger partial charge in [0.05, 0.1) is 10.9 Å². The van der Waals surface area contributed by atoms with Crippen molar-refractivity contribution in [2.24, 2.45) is 0 Å². The number of halogens is 3. The monoisotopic (exact) mass is 433 g/mol. The third-order valence-electron chi connectivity index (χ3n) is 4.86. The van der Waals surface area contributed by atoms with Crippen molar-refractivity contribution in [2.45, 2.75) is 46.7 Å². The van der Waals surface area contributed by atoms with Gasteiger partial charge in [0.15, 0.2) is 0 Å². The molecule has 0 aliphatic rings. The highest BCUT2D eigenvalue weighted by Gasteiger charge is 2.23. The van der Waals surface area contributed by atoms with E-state index in [4.69, 9.17) is 4.42 Å². The van der Waals surface area contributed by atoms with E-state index >= 15 is 0 Å². The molecule has 0 aliphatic heterocycles.